The molecule has 0 bridgehead atoms. The summed E-state index contributed by atoms with van der Waals surface area (Å²) < 4.78 is 0.541. The van der Waals surface area contributed by atoms with Crippen molar-refractivity contribution in [1.82, 2.24) is 4.98 Å². The summed E-state index contributed by atoms with van der Waals surface area (Å²) in [4.78, 5) is 17.1. The maximum absolute atomic E-state index is 11.2. The van der Waals surface area contributed by atoms with E-state index in [1.54, 1.807) is 31.9 Å². The van der Waals surface area contributed by atoms with Crippen LogP contribution in [0.2, 0.25) is 0 Å². The molecule has 0 aliphatic rings. The highest BCUT2D eigenvalue weighted by molar-refractivity contribution is 9.10. The van der Waals surface area contributed by atoms with E-state index >= 15 is 0 Å². The number of pyridine rings is 1. The number of halogens is 1. The van der Waals surface area contributed by atoms with E-state index in [-0.39, 0.29) is 0 Å². The molecule has 0 atom stereocenters. The number of aliphatic hydroxyl groups is 1. The number of nitrogens with zero attached hydrogens (tertiary/aromatic N) is 2. The molecular formula is C11H16BrN3O2. The first-order valence-corrected chi connectivity index (χ1v) is 5.89. The number of carbonyl (C=O) groups excluding carboxylic acids is 1. The summed E-state index contributed by atoms with van der Waals surface area (Å²) in [6, 6.07) is 1.55. The molecule has 1 heterocycles. The largest absolute Gasteiger partial charge is 0.389 e. The minimum atomic E-state index is -0.849. The third-order valence-corrected chi connectivity index (χ3v) is 2.90. The summed E-state index contributed by atoms with van der Waals surface area (Å²) in [6.45, 7) is 3.80. The van der Waals surface area contributed by atoms with E-state index < -0.39 is 11.5 Å². The second kappa shape index (κ2) is 5.01. The maximum atomic E-state index is 11.2. The number of carbonyl (C=O) groups is 1. The molecule has 3 N–H and O–H groups in total. The highest BCUT2D eigenvalue weighted by Gasteiger charge is 2.20. The van der Waals surface area contributed by atoms with Crippen molar-refractivity contribution in [2.75, 3.05) is 18.5 Å². The summed E-state index contributed by atoms with van der Waals surface area (Å²) in [5.74, 6) is 0.0561. The standard InChI is InChI=1S/C11H16BrN3O2/c1-11(2,17)6-15(3)10-8(12)7(9(13)16)4-5-14-10/h4-5,17H,6H2,1-3H3,(H2,13,16). The molecule has 94 valence electrons. The normalized spacial score (nSPS) is 11.4. The quantitative estimate of drug-likeness (QED) is 0.874. The van der Waals surface area contributed by atoms with E-state index in [1.807, 2.05) is 0 Å². The molecule has 1 aromatic heterocycles. The van der Waals surface area contributed by atoms with E-state index in [0.29, 0.717) is 22.4 Å². The average Bonchev–Trinajstić information content (AvgIpc) is 2.14. The third-order valence-electron chi connectivity index (χ3n) is 2.12. The van der Waals surface area contributed by atoms with Gasteiger partial charge in [0, 0.05) is 19.8 Å². The Morgan fingerprint density at radius 1 is 1.65 bits per heavy atom. The van der Waals surface area contributed by atoms with Crippen molar-refractivity contribution in [1.29, 1.82) is 0 Å². The summed E-state index contributed by atoms with van der Waals surface area (Å²) in [5, 5.41) is 9.74. The Hall–Kier alpha value is -1.14. The minimum absolute atomic E-state index is 0.373. The number of amides is 1. The van der Waals surface area contributed by atoms with Gasteiger partial charge in [0.25, 0.3) is 0 Å². The van der Waals surface area contributed by atoms with Crippen LogP contribution in [0.1, 0.15) is 24.2 Å². The number of hydrogen-bond acceptors (Lipinski definition) is 4. The zero-order valence-electron chi connectivity index (χ0n) is 10.1. The van der Waals surface area contributed by atoms with Gasteiger partial charge >= 0.3 is 0 Å². The molecule has 1 rings (SSSR count). The van der Waals surface area contributed by atoms with Crippen molar-refractivity contribution in [3.63, 3.8) is 0 Å². The van der Waals surface area contributed by atoms with E-state index in [0.717, 1.165) is 0 Å². The summed E-state index contributed by atoms with van der Waals surface area (Å²) in [7, 11) is 1.79. The van der Waals surface area contributed by atoms with Crippen LogP contribution in [0.3, 0.4) is 0 Å². The van der Waals surface area contributed by atoms with Crippen molar-refractivity contribution < 1.29 is 9.90 Å². The van der Waals surface area contributed by atoms with Gasteiger partial charge in [-0.05, 0) is 35.8 Å². The van der Waals surface area contributed by atoms with Gasteiger partial charge in [-0.3, -0.25) is 4.79 Å². The van der Waals surface area contributed by atoms with Crippen molar-refractivity contribution >= 4 is 27.7 Å². The lowest BCUT2D eigenvalue weighted by molar-refractivity contribution is 0.0884. The predicted molar refractivity (Wildman–Crippen MR) is 70.0 cm³/mol. The Morgan fingerprint density at radius 3 is 2.71 bits per heavy atom. The van der Waals surface area contributed by atoms with Gasteiger partial charge in [-0.15, -0.1) is 0 Å². The Kier molecular flexibility index (Phi) is 4.11. The summed E-state index contributed by atoms with van der Waals surface area (Å²) in [5.41, 5.74) is 4.77. The van der Waals surface area contributed by atoms with Gasteiger partial charge < -0.3 is 15.7 Å². The molecule has 0 aliphatic carbocycles. The summed E-state index contributed by atoms with van der Waals surface area (Å²) in [6.07, 6.45) is 1.51. The zero-order valence-corrected chi connectivity index (χ0v) is 11.7. The van der Waals surface area contributed by atoms with E-state index in [4.69, 9.17) is 5.73 Å². The van der Waals surface area contributed by atoms with Crippen molar-refractivity contribution in [2.24, 2.45) is 5.73 Å². The fraction of sp³-hybridized carbons (Fsp3) is 0.455. The fourth-order valence-corrected chi connectivity index (χ4v) is 2.28. The summed E-state index contributed by atoms with van der Waals surface area (Å²) >= 11 is 3.30. The van der Waals surface area contributed by atoms with Crippen LogP contribution in [-0.2, 0) is 0 Å². The number of anilines is 1. The molecule has 0 radical (unpaired) electrons. The predicted octanol–water partition coefficient (Wildman–Crippen LogP) is 1.15. The van der Waals surface area contributed by atoms with Crippen LogP contribution >= 0.6 is 15.9 Å². The first-order valence-electron chi connectivity index (χ1n) is 5.10. The maximum Gasteiger partial charge on any atom is 0.250 e. The Morgan fingerprint density at radius 2 is 2.24 bits per heavy atom. The Balaban J connectivity index is 3.07. The van der Waals surface area contributed by atoms with E-state index in [9.17, 15) is 9.90 Å². The van der Waals surface area contributed by atoms with Crippen LogP contribution in [0.15, 0.2) is 16.7 Å². The van der Waals surface area contributed by atoms with Crippen molar-refractivity contribution in [3.8, 4) is 0 Å². The van der Waals surface area contributed by atoms with Crippen molar-refractivity contribution in [3.05, 3.63) is 22.3 Å². The Labute approximate surface area is 109 Å². The molecule has 0 aromatic carbocycles. The highest BCUT2D eigenvalue weighted by atomic mass is 79.9. The second-order valence-electron chi connectivity index (χ2n) is 4.53. The van der Waals surface area contributed by atoms with Crippen LogP contribution in [0.25, 0.3) is 0 Å². The molecular weight excluding hydrogens is 286 g/mol. The SMILES string of the molecule is CN(CC(C)(C)O)c1nccc(C(N)=O)c1Br. The lowest BCUT2D eigenvalue weighted by atomic mass is 10.1. The van der Waals surface area contributed by atoms with Gasteiger partial charge in [0.05, 0.1) is 15.6 Å². The number of likely N-dealkylation sites (N-methyl/N-ethyl adjacent to an activating group) is 1. The smallest absolute Gasteiger partial charge is 0.250 e. The lowest BCUT2D eigenvalue weighted by Gasteiger charge is -2.27. The number of nitrogens with two attached hydrogens (primary N) is 1. The lowest BCUT2D eigenvalue weighted by Crippen LogP contribution is -2.37. The minimum Gasteiger partial charge on any atom is -0.389 e. The van der Waals surface area contributed by atoms with Gasteiger partial charge in [-0.1, -0.05) is 0 Å². The molecule has 0 aliphatic heterocycles. The molecule has 17 heavy (non-hydrogen) atoms. The zero-order chi connectivity index (χ0) is 13.2. The number of hydrogen-bond donors (Lipinski definition) is 2. The molecule has 6 heteroatoms. The highest BCUT2D eigenvalue weighted by Crippen LogP contribution is 2.27. The average molecular weight is 302 g/mol. The van der Waals surface area contributed by atoms with E-state index in [1.165, 1.54) is 6.20 Å². The molecule has 0 saturated carbocycles. The van der Waals surface area contributed by atoms with Crippen LogP contribution in [0, 0.1) is 0 Å². The van der Waals surface area contributed by atoms with Crippen LogP contribution in [-0.4, -0.2) is 35.2 Å². The molecule has 5 nitrogen and oxygen atoms in total. The first-order chi connectivity index (χ1) is 7.72. The molecule has 1 aromatic rings. The van der Waals surface area contributed by atoms with Crippen LogP contribution < -0.4 is 10.6 Å². The monoisotopic (exact) mass is 301 g/mol. The molecule has 0 saturated heterocycles. The van der Waals surface area contributed by atoms with Crippen LogP contribution in [0.5, 0.6) is 0 Å². The van der Waals surface area contributed by atoms with Gasteiger partial charge in [0.2, 0.25) is 5.91 Å². The second-order valence-corrected chi connectivity index (χ2v) is 5.32. The third kappa shape index (κ3) is 3.67. The van der Waals surface area contributed by atoms with Gasteiger partial charge in [0.1, 0.15) is 5.82 Å². The van der Waals surface area contributed by atoms with Crippen LogP contribution in [0.4, 0.5) is 5.82 Å². The Bertz CT molecular complexity index is 429. The fourth-order valence-electron chi connectivity index (χ4n) is 1.54. The molecule has 0 unspecified atom stereocenters. The molecule has 1 amide bonds. The van der Waals surface area contributed by atoms with Gasteiger partial charge in [0.15, 0.2) is 0 Å². The topological polar surface area (TPSA) is 79.4 Å². The molecule has 0 fully saturated rings. The van der Waals surface area contributed by atoms with E-state index in [2.05, 4.69) is 20.9 Å². The van der Waals surface area contributed by atoms with Gasteiger partial charge in [-0.2, -0.15) is 0 Å². The first kappa shape index (κ1) is 13.9. The van der Waals surface area contributed by atoms with Crippen molar-refractivity contribution in [2.45, 2.75) is 19.4 Å². The molecule has 0 spiro atoms. The van der Waals surface area contributed by atoms with Gasteiger partial charge in [-0.25, -0.2) is 4.98 Å². The number of rotatable bonds is 4. The number of primary amides is 1. The number of aromatic nitrogens is 1.